The van der Waals surface area contributed by atoms with Gasteiger partial charge in [0.05, 0.1) is 28.1 Å². The van der Waals surface area contributed by atoms with Gasteiger partial charge in [0.25, 0.3) is 0 Å². The first-order valence-corrected chi connectivity index (χ1v) is 21.2. The van der Waals surface area contributed by atoms with Crippen molar-refractivity contribution in [2.75, 3.05) is 4.90 Å². The summed E-state index contributed by atoms with van der Waals surface area (Å²) >= 11 is 0. The van der Waals surface area contributed by atoms with E-state index in [-0.39, 0.29) is 10.8 Å². The highest BCUT2D eigenvalue weighted by molar-refractivity contribution is 6.10. The number of anilines is 3. The Morgan fingerprint density at radius 2 is 0.850 bits per heavy atom. The van der Waals surface area contributed by atoms with Crippen molar-refractivity contribution >= 4 is 49.6 Å². The fraction of sp³-hybridized carbons (Fsp3) is 0.103. The fourth-order valence-corrected chi connectivity index (χ4v) is 11.0. The van der Waals surface area contributed by atoms with Crippen LogP contribution in [0.5, 0.6) is 0 Å². The Labute approximate surface area is 351 Å². The van der Waals surface area contributed by atoms with Crippen LogP contribution in [-0.2, 0) is 10.8 Å². The molecule has 0 atom stereocenters. The van der Waals surface area contributed by atoms with Crippen LogP contribution in [0.1, 0.15) is 49.9 Å². The van der Waals surface area contributed by atoms with E-state index < -0.39 is 0 Å². The molecule has 12 rings (SSSR count). The van der Waals surface area contributed by atoms with Crippen LogP contribution in [0.3, 0.4) is 0 Å². The van der Waals surface area contributed by atoms with E-state index in [2.05, 4.69) is 231 Å². The number of hydrogen-bond donors (Lipinski definition) is 0. The molecule has 286 valence electrons. The maximum Gasteiger partial charge on any atom is 0.0543 e. The van der Waals surface area contributed by atoms with Gasteiger partial charge in [-0.25, -0.2) is 0 Å². The first-order chi connectivity index (χ1) is 29.3. The number of nitrogens with zero attached hydrogens (tertiary/aromatic N) is 2. The molecule has 2 heteroatoms. The highest BCUT2D eigenvalue weighted by Crippen LogP contribution is 2.58. The van der Waals surface area contributed by atoms with Gasteiger partial charge in [-0.3, -0.25) is 0 Å². The number of hydrogen-bond acceptors (Lipinski definition) is 1. The van der Waals surface area contributed by atoms with Gasteiger partial charge < -0.3 is 9.47 Å². The van der Waals surface area contributed by atoms with E-state index in [0.29, 0.717) is 0 Å². The summed E-state index contributed by atoms with van der Waals surface area (Å²) in [5.41, 5.74) is 20.0. The van der Waals surface area contributed by atoms with Gasteiger partial charge in [0.15, 0.2) is 0 Å². The van der Waals surface area contributed by atoms with Crippen LogP contribution in [0, 0.1) is 0 Å². The highest BCUT2D eigenvalue weighted by Gasteiger charge is 2.41. The molecule has 0 spiro atoms. The van der Waals surface area contributed by atoms with Crippen molar-refractivity contribution in [1.29, 1.82) is 0 Å². The minimum Gasteiger partial charge on any atom is -0.309 e. The molecule has 0 N–H and O–H groups in total. The summed E-state index contributed by atoms with van der Waals surface area (Å²) in [6.07, 6.45) is 0. The Balaban J connectivity index is 1.08. The maximum atomic E-state index is 2.60. The summed E-state index contributed by atoms with van der Waals surface area (Å²) in [4.78, 5) is 2.60. The summed E-state index contributed by atoms with van der Waals surface area (Å²) < 4.78 is 2.39. The van der Waals surface area contributed by atoms with E-state index in [0.717, 1.165) is 5.69 Å². The molecule has 1 aromatic heterocycles. The van der Waals surface area contributed by atoms with Crippen LogP contribution in [0.25, 0.3) is 71.6 Å². The number of para-hydroxylation sites is 2. The average molecular weight is 769 g/mol. The van der Waals surface area contributed by atoms with E-state index >= 15 is 0 Å². The molecule has 0 radical (unpaired) electrons. The van der Waals surface area contributed by atoms with Crippen LogP contribution in [0.2, 0.25) is 0 Å². The average Bonchev–Trinajstić information content (AvgIpc) is 3.84. The van der Waals surface area contributed by atoms with Crippen molar-refractivity contribution in [1.82, 2.24) is 4.57 Å². The summed E-state index contributed by atoms with van der Waals surface area (Å²) in [6.45, 7) is 9.56. The van der Waals surface area contributed by atoms with Crippen LogP contribution in [0.15, 0.2) is 194 Å². The Morgan fingerprint density at radius 3 is 1.60 bits per heavy atom. The van der Waals surface area contributed by atoms with Crippen molar-refractivity contribution in [3.8, 4) is 39.1 Å². The Hall–Kier alpha value is -7.16. The number of aromatic nitrogens is 1. The molecule has 0 aliphatic heterocycles. The van der Waals surface area contributed by atoms with Crippen molar-refractivity contribution in [2.24, 2.45) is 0 Å². The van der Waals surface area contributed by atoms with Gasteiger partial charge in [-0.15, -0.1) is 0 Å². The normalized spacial score (nSPS) is 14.3. The quantitative estimate of drug-likeness (QED) is 0.169. The van der Waals surface area contributed by atoms with Gasteiger partial charge in [0.1, 0.15) is 0 Å². The van der Waals surface area contributed by atoms with Crippen molar-refractivity contribution < 1.29 is 0 Å². The molecule has 0 saturated carbocycles. The third-order valence-electron chi connectivity index (χ3n) is 13.8. The maximum absolute atomic E-state index is 2.60. The Morgan fingerprint density at radius 1 is 0.350 bits per heavy atom. The van der Waals surface area contributed by atoms with Gasteiger partial charge >= 0.3 is 0 Å². The third-order valence-corrected chi connectivity index (χ3v) is 13.8. The standard InChI is InChI=1S/C58H44N2/c1-57(2)48-26-10-6-20-46(48)55-49(57)27-16-31-53(55)60(54-32-15-24-45-41-17-5-9-25-47(41)58(3,4)56(45)54)52-30-14-22-40-39(21-13-23-42(40)52)37-33-35-38(36-34-37)59-50-28-11-7-18-43(50)44-19-8-12-29-51(44)59/h5-36H,1-4H3. The largest absolute Gasteiger partial charge is 0.309 e. The SMILES string of the molecule is CC1(C)c2ccccc2-c2c(N(c3cccc4c3C(C)(C)c3ccccc3-4)c3cccc4c(-c5ccc(-n6c7ccccc7c7ccccc76)cc5)cccc34)cccc21. The molecule has 0 unspecified atom stereocenters. The summed E-state index contributed by atoms with van der Waals surface area (Å²) in [5, 5.41) is 5.00. The third kappa shape index (κ3) is 4.76. The van der Waals surface area contributed by atoms with Gasteiger partial charge in [-0.2, -0.15) is 0 Å². The molecule has 0 amide bonds. The van der Waals surface area contributed by atoms with Crippen molar-refractivity contribution in [3.05, 3.63) is 216 Å². The molecule has 60 heavy (non-hydrogen) atoms. The lowest BCUT2D eigenvalue weighted by atomic mass is 9.81. The zero-order valence-corrected chi connectivity index (χ0v) is 34.4. The van der Waals surface area contributed by atoms with E-state index in [1.165, 1.54) is 105 Å². The predicted octanol–water partition coefficient (Wildman–Crippen LogP) is 15.7. The summed E-state index contributed by atoms with van der Waals surface area (Å²) in [5.74, 6) is 0. The topological polar surface area (TPSA) is 8.17 Å². The molecule has 1 heterocycles. The highest BCUT2D eigenvalue weighted by atomic mass is 15.2. The molecule has 0 saturated heterocycles. The van der Waals surface area contributed by atoms with Crippen LogP contribution < -0.4 is 4.90 Å². The van der Waals surface area contributed by atoms with Gasteiger partial charge in [-0.1, -0.05) is 179 Å². The minimum atomic E-state index is -0.205. The molecule has 9 aromatic carbocycles. The molecule has 2 aliphatic carbocycles. The van der Waals surface area contributed by atoms with Crippen molar-refractivity contribution in [3.63, 3.8) is 0 Å². The van der Waals surface area contributed by atoms with E-state index in [1.54, 1.807) is 0 Å². The van der Waals surface area contributed by atoms with Crippen LogP contribution in [-0.4, -0.2) is 4.57 Å². The molecule has 0 bridgehead atoms. The van der Waals surface area contributed by atoms with E-state index in [9.17, 15) is 0 Å². The van der Waals surface area contributed by atoms with Gasteiger partial charge in [-0.05, 0) is 97.9 Å². The molecular formula is C58H44N2. The minimum absolute atomic E-state index is 0.126. The predicted molar refractivity (Wildman–Crippen MR) is 254 cm³/mol. The lowest BCUT2D eigenvalue weighted by Gasteiger charge is -2.34. The second kappa shape index (κ2) is 12.7. The van der Waals surface area contributed by atoms with Crippen molar-refractivity contribution in [2.45, 2.75) is 38.5 Å². The first kappa shape index (κ1) is 34.8. The Bertz CT molecular complexity index is 3320. The van der Waals surface area contributed by atoms with Gasteiger partial charge in [0.2, 0.25) is 0 Å². The van der Waals surface area contributed by atoms with E-state index in [1.807, 2.05) is 0 Å². The second-order valence-electron chi connectivity index (χ2n) is 17.7. The summed E-state index contributed by atoms with van der Waals surface area (Å²) in [6, 6.07) is 72.2. The zero-order chi connectivity index (χ0) is 40.3. The summed E-state index contributed by atoms with van der Waals surface area (Å²) in [7, 11) is 0. The Kier molecular flexibility index (Phi) is 7.36. The molecular weight excluding hydrogens is 725 g/mol. The smallest absolute Gasteiger partial charge is 0.0543 e. The monoisotopic (exact) mass is 768 g/mol. The molecule has 2 nitrogen and oxygen atoms in total. The number of benzene rings is 9. The molecule has 2 aliphatic rings. The lowest BCUT2D eigenvalue weighted by Crippen LogP contribution is -2.21. The number of fused-ring (bicyclic) bond motifs is 10. The first-order valence-electron chi connectivity index (χ1n) is 21.2. The fourth-order valence-electron chi connectivity index (χ4n) is 11.0. The number of rotatable bonds is 5. The van der Waals surface area contributed by atoms with E-state index in [4.69, 9.17) is 0 Å². The zero-order valence-electron chi connectivity index (χ0n) is 34.4. The lowest BCUT2D eigenvalue weighted by molar-refractivity contribution is 0.659. The van der Waals surface area contributed by atoms with Crippen LogP contribution >= 0.6 is 0 Å². The molecule has 0 fully saturated rings. The van der Waals surface area contributed by atoms with Gasteiger partial charge in [0, 0.05) is 38.2 Å². The second-order valence-corrected chi connectivity index (χ2v) is 17.7. The van der Waals surface area contributed by atoms with Crippen LogP contribution in [0.4, 0.5) is 17.1 Å². The molecule has 10 aromatic rings.